The number of imidazole rings is 1. The van der Waals surface area contributed by atoms with Crippen molar-refractivity contribution in [2.75, 3.05) is 24.5 Å². The first-order chi connectivity index (χ1) is 17.1. The van der Waals surface area contributed by atoms with Crippen molar-refractivity contribution in [2.24, 2.45) is 13.0 Å². The zero-order chi connectivity index (χ0) is 25.6. The van der Waals surface area contributed by atoms with E-state index in [1.54, 1.807) is 36.4 Å². The van der Waals surface area contributed by atoms with Gasteiger partial charge in [0.1, 0.15) is 0 Å². The van der Waals surface area contributed by atoms with Gasteiger partial charge in [-0.3, -0.25) is 13.9 Å². The molecule has 0 saturated carbocycles. The monoisotopic (exact) mass is 522 g/mol. The van der Waals surface area contributed by atoms with E-state index in [1.165, 1.54) is 16.2 Å². The van der Waals surface area contributed by atoms with Gasteiger partial charge in [0.25, 0.3) is 5.56 Å². The molecule has 0 radical (unpaired) electrons. The van der Waals surface area contributed by atoms with Gasteiger partial charge < -0.3 is 14.8 Å². The van der Waals surface area contributed by atoms with Crippen molar-refractivity contribution in [3.63, 3.8) is 0 Å². The number of nitrogens with zero attached hydrogens (tertiary/aromatic N) is 5. The van der Waals surface area contributed by atoms with Gasteiger partial charge in [0.2, 0.25) is 5.95 Å². The van der Waals surface area contributed by atoms with Crippen LogP contribution in [0.5, 0.6) is 0 Å². The molecule has 0 aliphatic carbocycles. The van der Waals surface area contributed by atoms with E-state index >= 15 is 0 Å². The predicted octanol–water partition coefficient (Wildman–Crippen LogP) is 3.01. The fraction of sp³-hybridized carbons (Fsp3) is 0.458. The lowest BCUT2D eigenvalue weighted by Crippen LogP contribution is -2.39. The van der Waals surface area contributed by atoms with E-state index in [0.29, 0.717) is 30.0 Å². The summed E-state index contributed by atoms with van der Waals surface area (Å²) in [5.74, 6) is 0.686. The predicted molar refractivity (Wildman–Crippen MR) is 133 cm³/mol. The number of benzene rings is 1. The van der Waals surface area contributed by atoms with Gasteiger partial charge in [-0.05, 0) is 30.0 Å². The van der Waals surface area contributed by atoms with Crippen LogP contribution in [-0.2, 0) is 20.1 Å². The maximum absolute atomic E-state index is 13.5. The lowest BCUT2D eigenvalue weighted by Gasteiger charge is -2.25. The summed E-state index contributed by atoms with van der Waals surface area (Å²) in [5, 5.41) is 3.91. The molecule has 4 heterocycles. The Hall–Kier alpha value is -3.05. The van der Waals surface area contributed by atoms with E-state index in [4.69, 9.17) is 11.6 Å². The van der Waals surface area contributed by atoms with Crippen LogP contribution in [0.15, 0.2) is 39.9 Å². The topological polar surface area (TPSA) is 77.1 Å². The molecule has 1 aromatic carbocycles. The number of alkyl halides is 3. The van der Waals surface area contributed by atoms with Crippen LogP contribution < -0.4 is 21.5 Å². The second-order valence-electron chi connectivity index (χ2n) is 9.28. The van der Waals surface area contributed by atoms with Crippen molar-refractivity contribution in [1.29, 1.82) is 0 Å². The maximum Gasteiger partial charge on any atom is 0.390 e. The third-order valence-electron chi connectivity index (χ3n) is 7.00. The van der Waals surface area contributed by atoms with Gasteiger partial charge >= 0.3 is 11.9 Å². The summed E-state index contributed by atoms with van der Waals surface area (Å²) in [6.07, 6.45) is -1.22. The standard InChI is InChI=1S/C24H26ClF3N6O2/c1-31-20-19(21(35)34(23(31)36)10-2-3-15-4-6-17(25)7-5-15)33(12-9-24(26,27)28)22(30-20)32-11-8-16-13-29-14-18(16)32/h2-7,16,18,29H,8-14H2,1H3. The van der Waals surface area contributed by atoms with E-state index in [9.17, 15) is 22.8 Å². The third kappa shape index (κ3) is 4.57. The summed E-state index contributed by atoms with van der Waals surface area (Å²) >= 11 is 5.90. The van der Waals surface area contributed by atoms with Crippen LogP contribution in [0, 0.1) is 5.92 Å². The maximum atomic E-state index is 13.5. The van der Waals surface area contributed by atoms with Crippen LogP contribution in [0.4, 0.5) is 19.1 Å². The van der Waals surface area contributed by atoms with Crippen LogP contribution in [0.3, 0.4) is 0 Å². The Morgan fingerprint density at radius 2 is 1.92 bits per heavy atom. The molecule has 0 amide bonds. The molecular weight excluding hydrogens is 497 g/mol. The summed E-state index contributed by atoms with van der Waals surface area (Å²) in [6.45, 7) is 1.69. The summed E-state index contributed by atoms with van der Waals surface area (Å²) < 4.78 is 43.3. The van der Waals surface area contributed by atoms with Crippen LogP contribution >= 0.6 is 11.6 Å². The number of fused-ring (bicyclic) bond motifs is 2. The summed E-state index contributed by atoms with van der Waals surface area (Å²) in [5.41, 5.74) is -0.311. The molecule has 2 aromatic heterocycles. The van der Waals surface area contributed by atoms with Crippen molar-refractivity contribution in [3.8, 4) is 0 Å². The first-order valence-electron chi connectivity index (χ1n) is 11.8. The molecule has 2 aliphatic rings. The van der Waals surface area contributed by atoms with Gasteiger partial charge in [0.15, 0.2) is 11.2 Å². The molecule has 0 bridgehead atoms. The lowest BCUT2D eigenvalue weighted by molar-refractivity contribution is -0.136. The minimum atomic E-state index is -4.41. The van der Waals surface area contributed by atoms with E-state index in [2.05, 4.69) is 10.3 Å². The first-order valence-corrected chi connectivity index (χ1v) is 12.2. The Morgan fingerprint density at radius 3 is 2.64 bits per heavy atom. The van der Waals surface area contributed by atoms with Crippen molar-refractivity contribution in [1.82, 2.24) is 24.0 Å². The number of rotatable bonds is 6. The van der Waals surface area contributed by atoms with Crippen molar-refractivity contribution in [2.45, 2.75) is 38.1 Å². The van der Waals surface area contributed by atoms with Gasteiger partial charge in [-0.1, -0.05) is 35.9 Å². The third-order valence-corrected chi connectivity index (χ3v) is 7.25. The van der Waals surface area contributed by atoms with Gasteiger partial charge in [0, 0.05) is 50.8 Å². The Morgan fingerprint density at radius 1 is 1.17 bits per heavy atom. The molecule has 12 heteroatoms. The number of hydrogen-bond donors (Lipinski definition) is 1. The van der Waals surface area contributed by atoms with E-state index in [0.717, 1.165) is 23.1 Å². The summed E-state index contributed by atoms with van der Waals surface area (Å²) in [6, 6.07) is 7.13. The number of nitrogens with one attached hydrogen (secondary N) is 1. The molecular formula is C24H26ClF3N6O2. The fourth-order valence-corrected chi connectivity index (χ4v) is 5.28. The Labute approximate surface area is 209 Å². The van der Waals surface area contributed by atoms with Gasteiger partial charge in [-0.25, -0.2) is 4.79 Å². The summed E-state index contributed by atoms with van der Waals surface area (Å²) in [7, 11) is 1.48. The number of anilines is 1. The molecule has 8 nitrogen and oxygen atoms in total. The highest BCUT2D eigenvalue weighted by molar-refractivity contribution is 6.30. The van der Waals surface area contributed by atoms with Crippen LogP contribution in [-0.4, -0.2) is 50.5 Å². The van der Waals surface area contributed by atoms with Crippen molar-refractivity contribution >= 4 is 34.8 Å². The smallest absolute Gasteiger partial charge is 0.338 e. The Balaban J connectivity index is 1.59. The molecule has 2 unspecified atom stereocenters. The molecule has 2 atom stereocenters. The Kier molecular flexibility index (Phi) is 6.46. The van der Waals surface area contributed by atoms with Crippen LogP contribution in [0.25, 0.3) is 17.2 Å². The van der Waals surface area contributed by atoms with E-state index < -0.39 is 30.4 Å². The second kappa shape index (κ2) is 9.44. The average molecular weight is 523 g/mol. The van der Waals surface area contributed by atoms with Gasteiger partial charge in [0.05, 0.1) is 6.42 Å². The molecule has 5 rings (SSSR count). The number of allylic oxidation sites excluding steroid dienone is 1. The molecule has 1 N–H and O–H groups in total. The molecule has 3 aromatic rings. The fourth-order valence-electron chi connectivity index (χ4n) is 5.16. The first kappa shape index (κ1) is 24.6. The quantitative estimate of drug-likeness (QED) is 0.538. The second-order valence-corrected chi connectivity index (χ2v) is 9.72. The number of hydrogen-bond acceptors (Lipinski definition) is 5. The zero-order valence-corrected chi connectivity index (χ0v) is 20.4. The average Bonchev–Trinajstić information content (AvgIpc) is 3.53. The molecule has 2 aliphatic heterocycles. The molecule has 2 fully saturated rings. The number of halogens is 4. The number of aryl methyl sites for hydroxylation is 2. The molecule has 0 spiro atoms. The molecule has 192 valence electrons. The lowest BCUT2D eigenvalue weighted by atomic mass is 10.1. The van der Waals surface area contributed by atoms with Crippen LogP contribution in [0.1, 0.15) is 18.4 Å². The Bertz CT molecular complexity index is 1420. The van der Waals surface area contributed by atoms with Crippen LogP contribution in [0.2, 0.25) is 5.02 Å². The van der Waals surface area contributed by atoms with Gasteiger partial charge in [-0.2, -0.15) is 18.2 Å². The molecule has 36 heavy (non-hydrogen) atoms. The SMILES string of the molecule is Cn1c(=O)n(CC=Cc2ccc(Cl)cc2)c(=O)c2c1nc(N1CCC3CNCC31)n2CCC(F)(F)F. The normalized spacial score (nSPS) is 20.2. The highest BCUT2D eigenvalue weighted by atomic mass is 35.5. The van der Waals surface area contributed by atoms with Crippen molar-refractivity contribution < 1.29 is 13.2 Å². The highest BCUT2D eigenvalue weighted by Crippen LogP contribution is 2.33. The largest absolute Gasteiger partial charge is 0.390 e. The number of aromatic nitrogens is 4. The van der Waals surface area contributed by atoms with Gasteiger partial charge in [-0.15, -0.1) is 0 Å². The van der Waals surface area contributed by atoms with E-state index in [1.807, 2.05) is 4.90 Å². The van der Waals surface area contributed by atoms with E-state index in [-0.39, 0.29) is 23.8 Å². The molecule has 2 saturated heterocycles. The minimum Gasteiger partial charge on any atom is -0.338 e. The van der Waals surface area contributed by atoms with Crippen molar-refractivity contribution in [3.05, 3.63) is 61.8 Å². The highest BCUT2D eigenvalue weighted by Gasteiger charge is 2.40. The zero-order valence-electron chi connectivity index (χ0n) is 19.6. The summed E-state index contributed by atoms with van der Waals surface area (Å²) in [4.78, 5) is 33.1. The minimum absolute atomic E-state index is 0.00523.